The molecule has 0 unspecified atom stereocenters. The lowest BCUT2D eigenvalue weighted by Gasteiger charge is -2.16. The van der Waals surface area contributed by atoms with Gasteiger partial charge in [-0.25, -0.2) is 4.98 Å². The van der Waals surface area contributed by atoms with Gasteiger partial charge in [-0.05, 0) is 39.8 Å². The summed E-state index contributed by atoms with van der Waals surface area (Å²) >= 11 is 1.23. The summed E-state index contributed by atoms with van der Waals surface area (Å²) in [4.78, 5) is 28.8. The Balaban J connectivity index is 2.37. The number of aromatic nitrogens is 2. The molecule has 0 radical (unpaired) electrons. The number of thioether (sulfide) groups is 1. The molecule has 22 heavy (non-hydrogen) atoms. The summed E-state index contributed by atoms with van der Waals surface area (Å²) in [6, 6.07) is 7.20. The highest BCUT2D eigenvalue weighted by atomic mass is 32.2. The summed E-state index contributed by atoms with van der Waals surface area (Å²) in [6.45, 7) is 7.46. The van der Waals surface area contributed by atoms with E-state index in [1.807, 2.05) is 26.0 Å². The van der Waals surface area contributed by atoms with Gasteiger partial charge in [-0.3, -0.25) is 14.2 Å². The first-order valence-corrected chi connectivity index (χ1v) is 8.22. The Morgan fingerprint density at radius 3 is 2.59 bits per heavy atom. The molecule has 0 atom stereocenters. The van der Waals surface area contributed by atoms with Gasteiger partial charge in [0.1, 0.15) is 0 Å². The van der Waals surface area contributed by atoms with Crippen molar-refractivity contribution in [3.05, 3.63) is 34.6 Å². The molecular formula is C16H20N2O3S. The van der Waals surface area contributed by atoms with Gasteiger partial charge in [-0.15, -0.1) is 0 Å². The molecule has 0 aliphatic rings. The van der Waals surface area contributed by atoms with Crippen molar-refractivity contribution in [2.45, 2.75) is 45.0 Å². The largest absolute Gasteiger partial charge is 0.462 e. The Morgan fingerprint density at radius 2 is 1.95 bits per heavy atom. The van der Waals surface area contributed by atoms with Crippen molar-refractivity contribution in [3.8, 4) is 0 Å². The molecule has 0 aliphatic heterocycles. The van der Waals surface area contributed by atoms with E-state index in [-0.39, 0.29) is 29.4 Å². The highest BCUT2D eigenvalue weighted by Crippen LogP contribution is 2.21. The molecule has 2 aromatic rings. The normalized spacial score (nSPS) is 11.4. The molecule has 0 N–H and O–H groups in total. The van der Waals surface area contributed by atoms with Gasteiger partial charge in [0.25, 0.3) is 5.56 Å². The second-order valence-corrected chi connectivity index (χ2v) is 6.45. The van der Waals surface area contributed by atoms with Crippen molar-refractivity contribution in [2.75, 3.05) is 5.75 Å². The Labute approximate surface area is 133 Å². The number of para-hydroxylation sites is 1. The third-order valence-corrected chi connectivity index (χ3v) is 3.90. The monoisotopic (exact) mass is 320 g/mol. The highest BCUT2D eigenvalue weighted by molar-refractivity contribution is 7.99. The number of benzene rings is 1. The van der Waals surface area contributed by atoms with Crippen molar-refractivity contribution >= 4 is 28.6 Å². The van der Waals surface area contributed by atoms with Crippen LogP contribution in [0.5, 0.6) is 0 Å². The Hall–Kier alpha value is -1.82. The van der Waals surface area contributed by atoms with Crippen LogP contribution >= 0.6 is 11.8 Å². The van der Waals surface area contributed by atoms with Gasteiger partial charge in [-0.1, -0.05) is 23.9 Å². The molecule has 2 rings (SSSR count). The van der Waals surface area contributed by atoms with E-state index in [0.717, 1.165) is 0 Å². The van der Waals surface area contributed by atoms with Crippen LogP contribution in [0.1, 0.15) is 33.7 Å². The molecule has 1 heterocycles. The fourth-order valence-electron chi connectivity index (χ4n) is 2.10. The van der Waals surface area contributed by atoms with Gasteiger partial charge in [0.2, 0.25) is 0 Å². The first kappa shape index (κ1) is 16.5. The van der Waals surface area contributed by atoms with Gasteiger partial charge in [0, 0.05) is 6.04 Å². The summed E-state index contributed by atoms with van der Waals surface area (Å²) in [7, 11) is 0. The number of rotatable bonds is 5. The standard InChI is InChI=1S/C16H20N2O3S/c1-10(2)18-15(20)12-7-5-6-8-13(12)17-16(18)22-9-14(19)21-11(3)4/h5-8,10-11H,9H2,1-4H3. The van der Waals surface area contributed by atoms with E-state index in [4.69, 9.17) is 4.74 Å². The molecule has 1 aromatic heterocycles. The van der Waals surface area contributed by atoms with Crippen molar-refractivity contribution in [3.63, 3.8) is 0 Å². The minimum absolute atomic E-state index is 0.0341. The molecule has 0 fully saturated rings. The van der Waals surface area contributed by atoms with Crippen LogP contribution in [0.4, 0.5) is 0 Å². The Kier molecular flexibility index (Phi) is 5.24. The second kappa shape index (κ2) is 6.96. The lowest BCUT2D eigenvalue weighted by molar-refractivity contribution is -0.144. The topological polar surface area (TPSA) is 61.2 Å². The Morgan fingerprint density at radius 1 is 1.27 bits per heavy atom. The SMILES string of the molecule is CC(C)OC(=O)CSc1nc2ccccc2c(=O)n1C(C)C. The third-order valence-electron chi connectivity index (χ3n) is 2.98. The highest BCUT2D eigenvalue weighted by Gasteiger charge is 2.15. The molecule has 1 aromatic carbocycles. The maximum atomic E-state index is 12.6. The fourth-order valence-corrected chi connectivity index (χ4v) is 3.01. The van der Waals surface area contributed by atoms with Gasteiger partial charge < -0.3 is 4.74 Å². The predicted octanol–water partition coefficient (Wildman–Crippen LogP) is 3.02. The number of carbonyl (C=O) groups excluding carboxylic acids is 1. The van der Waals surface area contributed by atoms with Crippen molar-refractivity contribution in [1.29, 1.82) is 0 Å². The predicted molar refractivity (Wildman–Crippen MR) is 88.3 cm³/mol. The maximum absolute atomic E-state index is 12.6. The average Bonchev–Trinajstić information content (AvgIpc) is 2.44. The number of hydrogen-bond donors (Lipinski definition) is 0. The smallest absolute Gasteiger partial charge is 0.316 e. The zero-order valence-corrected chi connectivity index (χ0v) is 14.0. The van der Waals surface area contributed by atoms with E-state index in [1.54, 1.807) is 30.5 Å². The quantitative estimate of drug-likeness (QED) is 0.481. The molecular weight excluding hydrogens is 300 g/mol. The summed E-state index contributed by atoms with van der Waals surface area (Å²) in [5.74, 6) is -0.173. The van der Waals surface area contributed by atoms with Crippen LogP contribution in [0.3, 0.4) is 0 Å². The molecule has 0 saturated heterocycles. The van der Waals surface area contributed by atoms with Crippen molar-refractivity contribution in [1.82, 2.24) is 9.55 Å². The zero-order valence-electron chi connectivity index (χ0n) is 13.2. The molecule has 0 bridgehead atoms. The van der Waals surface area contributed by atoms with Gasteiger partial charge in [0.05, 0.1) is 22.8 Å². The lowest BCUT2D eigenvalue weighted by Crippen LogP contribution is -2.25. The van der Waals surface area contributed by atoms with E-state index in [1.165, 1.54) is 11.8 Å². The summed E-state index contributed by atoms with van der Waals surface area (Å²) in [5.41, 5.74) is 0.560. The van der Waals surface area contributed by atoms with Crippen LogP contribution in [0, 0.1) is 0 Å². The van der Waals surface area contributed by atoms with Crippen LogP contribution in [0.25, 0.3) is 10.9 Å². The fraction of sp³-hybridized carbons (Fsp3) is 0.438. The van der Waals surface area contributed by atoms with Crippen LogP contribution in [-0.2, 0) is 9.53 Å². The average molecular weight is 320 g/mol. The number of esters is 1. The van der Waals surface area contributed by atoms with Gasteiger partial charge in [-0.2, -0.15) is 0 Å². The molecule has 0 spiro atoms. The second-order valence-electron chi connectivity index (χ2n) is 5.51. The molecule has 5 nitrogen and oxygen atoms in total. The third kappa shape index (κ3) is 3.68. The molecule has 0 saturated carbocycles. The minimum Gasteiger partial charge on any atom is -0.462 e. The van der Waals surface area contributed by atoms with E-state index < -0.39 is 0 Å². The number of ether oxygens (including phenoxy) is 1. The summed E-state index contributed by atoms with van der Waals surface area (Å²) in [5, 5.41) is 1.13. The van der Waals surface area contributed by atoms with Gasteiger partial charge in [0.15, 0.2) is 5.16 Å². The van der Waals surface area contributed by atoms with Crippen LogP contribution in [0.15, 0.2) is 34.2 Å². The van der Waals surface area contributed by atoms with E-state index >= 15 is 0 Å². The van der Waals surface area contributed by atoms with E-state index in [9.17, 15) is 9.59 Å². The van der Waals surface area contributed by atoms with Crippen molar-refractivity contribution < 1.29 is 9.53 Å². The summed E-state index contributed by atoms with van der Waals surface area (Å²) < 4.78 is 6.74. The van der Waals surface area contributed by atoms with Crippen LogP contribution < -0.4 is 5.56 Å². The Bertz CT molecular complexity index is 738. The number of nitrogens with zero attached hydrogens (tertiary/aromatic N) is 2. The number of hydrogen-bond acceptors (Lipinski definition) is 5. The van der Waals surface area contributed by atoms with Gasteiger partial charge >= 0.3 is 5.97 Å². The van der Waals surface area contributed by atoms with E-state index in [0.29, 0.717) is 16.1 Å². The summed E-state index contributed by atoms with van der Waals surface area (Å²) in [6.07, 6.45) is -0.148. The number of carbonyl (C=O) groups is 1. The minimum atomic E-state index is -0.308. The van der Waals surface area contributed by atoms with E-state index in [2.05, 4.69) is 4.98 Å². The zero-order chi connectivity index (χ0) is 16.3. The van der Waals surface area contributed by atoms with Crippen LogP contribution in [0.2, 0.25) is 0 Å². The molecule has 0 amide bonds. The lowest BCUT2D eigenvalue weighted by atomic mass is 10.2. The van der Waals surface area contributed by atoms with Crippen LogP contribution in [-0.4, -0.2) is 27.4 Å². The molecule has 118 valence electrons. The first-order chi connectivity index (χ1) is 10.4. The van der Waals surface area contributed by atoms with Crippen molar-refractivity contribution in [2.24, 2.45) is 0 Å². The maximum Gasteiger partial charge on any atom is 0.316 e. The molecule has 6 heteroatoms. The molecule has 0 aliphatic carbocycles. The first-order valence-electron chi connectivity index (χ1n) is 7.23. The number of fused-ring (bicyclic) bond motifs is 1.